The van der Waals surface area contributed by atoms with Crippen molar-refractivity contribution in [2.45, 2.75) is 50.8 Å². The Bertz CT molecular complexity index is 544. The first-order valence-electron chi connectivity index (χ1n) is 7.84. The summed E-state index contributed by atoms with van der Waals surface area (Å²) in [6.45, 7) is 6.12. The van der Waals surface area contributed by atoms with Gasteiger partial charge in [-0.2, -0.15) is 0 Å². The fraction of sp³-hybridized carbons (Fsp3) is 0.588. The summed E-state index contributed by atoms with van der Waals surface area (Å²) in [5.74, 6) is -1.24. The summed E-state index contributed by atoms with van der Waals surface area (Å²) in [6.07, 6.45) is 2.12. The minimum absolute atomic E-state index is 0.0897. The van der Waals surface area contributed by atoms with Crippen molar-refractivity contribution in [2.24, 2.45) is 5.92 Å². The van der Waals surface area contributed by atoms with Crippen LogP contribution < -0.4 is 0 Å². The molecule has 1 heterocycles. The average molecular weight is 358 g/mol. The molecule has 1 aromatic rings. The Morgan fingerprint density at radius 1 is 1.35 bits per heavy atom. The van der Waals surface area contributed by atoms with Gasteiger partial charge in [0.1, 0.15) is 4.75 Å². The second kappa shape index (κ2) is 7.43. The van der Waals surface area contributed by atoms with E-state index in [1.807, 2.05) is 49.3 Å². The zero-order chi connectivity index (χ0) is 17.2. The van der Waals surface area contributed by atoms with Crippen LogP contribution in [0.15, 0.2) is 24.3 Å². The van der Waals surface area contributed by atoms with Crippen LogP contribution in [-0.4, -0.2) is 37.3 Å². The molecule has 0 aromatic heterocycles. The van der Waals surface area contributed by atoms with E-state index in [0.717, 1.165) is 18.4 Å². The van der Waals surface area contributed by atoms with Gasteiger partial charge in [-0.25, -0.2) is 0 Å². The van der Waals surface area contributed by atoms with Crippen molar-refractivity contribution in [3.8, 4) is 0 Å². The summed E-state index contributed by atoms with van der Waals surface area (Å²) >= 11 is 4.70. The number of benzene rings is 1. The summed E-state index contributed by atoms with van der Waals surface area (Å²) in [5.41, 5.74) is 1.13. The molecule has 0 spiro atoms. The van der Waals surface area contributed by atoms with Crippen molar-refractivity contribution >= 4 is 28.9 Å². The smallest absolute Gasteiger partial charge is 0.307 e. The minimum atomic E-state index is -1.23. The normalized spacial score (nSPS) is 24.4. The van der Waals surface area contributed by atoms with Gasteiger partial charge in [-0.1, -0.05) is 23.7 Å². The maximum Gasteiger partial charge on any atom is 0.307 e. The van der Waals surface area contributed by atoms with E-state index in [1.165, 1.54) is 0 Å². The van der Waals surface area contributed by atoms with Crippen LogP contribution in [0.25, 0.3) is 0 Å². The van der Waals surface area contributed by atoms with Crippen molar-refractivity contribution in [3.05, 3.63) is 34.9 Å². The molecule has 3 atom stereocenters. The molecule has 0 aliphatic carbocycles. The van der Waals surface area contributed by atoms with Gasteiger partial charge in [-0.15, -0.1) is 4.31 Å². The number of hydrogen-bond donors (Lipinski definition) is 1. The molecule has 4 nitrogen and oxygen atoms in total. The van der Waals surface area contributed by atoms with Crippen molar-refractivity contribution in [1.82, 2.24) is 4.31 Å². The highest BCUT2D eigenvalue weighted by Crippen LogP contribution is 2.32. The number of nitrogens with zero attached hydrogens (tertiary/aromatic N) is 1. The molecule has 0 amide bonds. The third-order valence-electron chi connectivity index (χ3n) is 4.13. The standard InChI is InChI=1S/C17H24ClNO3S/c1-17(2,3)23(22)19-11-13(16(20)21)6-9-15(19)10-12-4-7-14(18)8-5-12/h4-5,7-8,13,15H,6,9-11H2,1-3H3,(H,20,21)/t13-,15+,23?/m0/s1. The van der Waals surface area contributed by atoms with Crippen LogP contribution in [0.2, 0.25) is 5.02 Å². The van der Waals surface area contributed by atoms with Crippen LogP contribution in [0.4, 0.5) is 0 Å². The van der Waals surface area contributed by atoms with Gasteiger partial charge in [0.2, 0.25) is 0 Å². The highest BCUT2D eigenvalue weighted by Gasteiger charge is 2.43. The highest BCUT2D eigenvalue weighted by atomic mass is 35.5. The summed E-state index contributed by atoms with van der Waals surface area (Å²) in [6, 6.07) is 7.75. The van der Waals surface area contributed by atoms with Gasteiger partial charge in [-0.05, 0) is 57.7 Å². The van der Waals surface area contributed by atoms with Gasteiger partial charge < -0.3 is 9.66 Å². The van der Waals surface area contributed by atoms with Gasteiger partial charge in [0, 0.05) is 16.4 Å². The fourth-order valence-electron chi connectivity index (χ4n) is 2.85. The molecule has 1 N–H and O–H groups in total. The van der Waals surface area contributed by atoms with Crippen LogP contribution in [-0.2, 0) is 22.6 Å². The molecule has 1 aromatic carbocycles. The van der Waals surface area contributed by atoms with E-state index in [9.17, 15) is 14.5 Å². The lowest BCUT2D eigenvalue weighted by Crippen LogP contribution is -2.54. The van der Waals surface area contributed by atoms with E-state index in [2.05, 4.69) is 0 Å². The number of halogens is 1. The lowest BCUT2D eigenvalue weighted by Gasteiger charge is -2.41. The average Bonchev–Trinajstić information content (AvgIpc) is 2.48. The van der Waals surface area contributed by atoms with E-state index in [-0.39, 0.29) is 6.04 Å². The second-order valence-electron chi connectivity index (χ2n) is 7.06. The number of hydrogen-bond acceptors (Lipinski definition) is 3. The fourth-order valence-corrected chi connectivity index (χ4v) is 4.44. The highest BCUT2D eigenvalue weighted by molar-refractivity contribution is 7.90. The van der Waals surface area contributed by atoms with E-state index in [0.29, 0.717) is 18.0 Å². The van der Waals surface area contributed by atoms with E-state index in [1.54, 1.807) is 0 Å². The first-order chi connectivity index (χ1) is 10.7. The lowest BCUT2D eigenvalue weighted by atomic mass is 9.91. The largest absolute Gasteiger partial charge is 0.597 e. The van der Waals surface area contributed by atoms with Gasteiger partial charge >= 0.3 is 5.97 Å². The quantitative estimate of drug-likeness (QED) is 0.837. The van der Waals surface area contributed by atoms with Crippen molar-refractivity contribution in [3.63, 3.8) is 0 Å². The Labute approximate surface area is 146 Å². The van der Waals surface area contributed by atoms with Crippen LogP contribution >= 0.6 is 11.6 Å². The predicted molar refractivity (Wildman–Crippen MR) is 93.9 cm³/mol. The summed E-state index contributed by atoms with van der Waals surface area (Å²) < 4.78 is 14.3. The van der Waals surface area contributed by atoms with Gasteiger partial charge in [0.05, 0.1) is 18.5 Å². The SMILES string of the molecule is CC(C)(C)[S+]([O-])N1C[C@@H](C(=O)O)CC[C@@H]1Cc1ccc(Cl)cc1. The Balaban J connectivity index is 2.17. The predicted octanol–water partition coefficient (Wildman–Crippen LogP) is 3.51. The topological polar surface area (TPSA) is 63.6 Å². The molecule has 2 rings (SSSR count). The molecular weight excluding hydrogens is 334 g/mol. The van der Waals surface area contributed by atoms with Crippen LogP contribution in [0.1, 0.15) is 39.2 Å². The minimum Gasteiger partial charge on any atom is -0.597 e. The van der Waals surface area contributed by atoms with Crippen LogP contribution in [0, 0.1) is 5.92 Å². The molecular formula is C17H24ClNO3S. The number of rotatable bonds is 4. The molecule has 1 aliphatic rings. The third kappa shape index (κ3) is 4.86. The van der Waals surface area contributed by atoms with Crippen LogP contribution in [0.5, 0.6) is 0 Å². The summed E-state index contributed by atoms with van der Waals surface area (Å²) in [5, 5.41) is 10.00. The van der Waals surface area contributed by atoms with Crippen LogP contribution in [0.3, 0.4) is 0 Å². The van der Waals surface area contributed by atoms with Gasteiger partial charge in [0.15, 0.2) is 0 Å². The Morgan fingerprint density at radius 3 is 2.48 bits per heavy atom. The maximum absolute atomic E-state index is 12.9. The number of carbonyl (C=O) groups is 1. The van der Waals surface area contributed by atoms with Crippen molar-refractivity contribution < 1.29 is 14.5 Å². The lowest BCUT2D eigenvalue weighted by molar-refractivity contribution is -0.143. The van der Waals surface area contributed by atoms with E-state index < -0.39 is 28.0 Å². The zero-order valence-electron chi connectivity index (χ0n) is 13.8. The maximum atomic E-state index is 12.9. The Hall–Kier alpha value is -0.750. The van der Waals surface area contributed by atoms with Crippen molar-refractivity contribution in [1.29, 1.82) is 0 Å². The molecule has 0 saturated carbocycles. The molecule has 1 unspecified atom stereocenters. The molecule has 0 radical (unpaired) electrons. The van der Waals surface area contributed by atoms with E-state index in [4.69, 9.17) is 11.6 Å². The molecule has 23 heavy (non-hydrogen) atoms. The third-order valence-corrected chi connectivity index (χ3v) is 6.30. The molecule has 0 bridgehead atoms. The Kier molecular flexibility index (Phi) is 6.00. The zero-order valence-corrected chi connectivity index (χ0v) is 15.4. The first-order valence-corrected chi connectivity index (χ1v) is 9.33. The first kappa shape index (κ1) is 18.6. The number of carboxylic acid groups (broad SMARTS) is 1. The monoisotopic (exact) mass is 357 g/mol. The molecule has 1 fully saturated rings. The van der Waals surface area contributed by atoms with Gasteiger partial charge in [0.25, 0.3) is 0 Å². The molecule has 1 aliphatic heterocycles. The number of aliphatic carboxylic acids is 1. The molecule has 128 valence electrons. The molecule has 6 heteroatoms. The second-order valence-corrected chi connectivity index (χ2v) is 9.69. The number of piperidine rings is 1. The van der Waals surface area contributed by atoms with E-state index >= 15 is 0 Å². The Morgan fingerprint density at radius 2 is 1.96 bits per heavy atom. The molecule has 1 saturated heterocycles. The summed E-state index contributed by atoms with van der Waals surface area (Å²) in [7, 11) is 0. The summed E-state index contributed by atoms with van der Waals surface area (Å²) in [4.78, 5) is 11.3. The van der Waals surface area contributed by atoms with Crippen molar-refractivity contribution in [2.75, 3.05) is 6.54 Å². The van der Waals surface area contributed by atoms with Gasteiger partial charge in [-0.3, -0.25) is 4.79 Å². The number of carboxylic acids is 1.